The Morgan fingerprint density at radius 2 is 2.47 bits per heavy atom. The number of aromatic nitrogens is 2. The highest BCUT2D eigenvalue weighted by Crippen LogP contribution is 2.22. The van der Waals surface area contributed by atoms with Crippen LogP contribution in [0.5, 0.6) is 0 Å². The van der Waals surface area contributed by atoms with Gasteiger partial charge < -0.3 is 10.6 Å². The highest BCUT2D eigenvalue weighted by atomic mass is 32.1. The third-order valence-electron chi connectivity index (χ3n) is 3.23. The van der Waals surface area contributed by atoms with Gasteiger partial charge in [0.1, 0.15) is 0 Å². The number of nitrogens with zero attached hydrogens (tertiary/aromatic N) is 1. The van der Waals surface area contributed by atoms with Crippen LogP contribution in [0.1, 0.15) is 23.3 Å². The lowest BCUT2D eigenvalue weighted by Crippen LogP contribution is -2.45. The van der Waals surface area contributed by atoms with Gasteiger partial charge in [-0.05, 0) is 36.9 Å². The normalized spacial score (nSPS) is 19.3. The molecular formula is C13H16N4OS. The van der Waals surface area contributed by atoms with Gasteiger partial charge in [-0.25, -0.2) is 0 Å². The third-order valence-corrected chi connectivity index (χ3v) is 4.13. The van der Waals surface area contributed by atoms with Crippen molar-refractivity contribution in [3.05, 3.63) is 29.3 Å². The van der Waals surface area contributed by atoms with Crippen LogP contribution in [0.15, 0.2) is 23.6 Å². The fourth-order valence-corrected chi connectivity index (χ4v) is 2.92. The number of hydrogen-bond acceptors (Lipinski definition) is 4. The summed E-state index contributed by atoms with van der Waals surface area (Å²) in [5.74, 6) is -0.104. The zero-order valence-corrected chi connectivity index (χ0v) is 11.3. The van der Waals surface area contributed by atoms with Crippen molar-refractivity contribution in [1.82, 2.24) is 20.8 Å². The molecule has 19 heavy (non-hydrogen) atoms. The van der Waals surface area contributed by atoms with E-state index in [4.69, 9.17) is 0 Å². The summed E-state index contributed by atoms with van der Waals surface area (Å²) in [6.07, 6.45) is 2.13. The predicted molar refractivity (Wildman–Crippen MR) is 75.3 cm³/mol. The summed E-state index contributed by atoms with van der Waals surface area (Å²) in [6.45, 7) is 1.88. The third kappa shape index (κ3) is 2.85. The van der Waals surface area contributed by atoms with Crippen LogP contribution in [-0.4, -0.2) is 35.2 Å². The number of thiophene rings is 1. The molecule has 1 atom stereocenters. The molecule has 0 radical (unpaired) electrons. The zero-order valence-electron chi connectivity index (χ0n) is 10.5. The highest BCUT2D eigenvalue weighted by Gasteiger charge is 2.18. The average molecular weight is 276 g/mol. The van der Waals surface area contributed by atoms with Crippen LogP contribution in [0.3, 0.4) is 0 Å². The van der Waals surface area contributed by atoms with E-state index in [1.54, 1.807) is 17.4 Å². The van der Waals surface area contributed by atoms with Gasteiger partial charge in [-0.15, -0.1) is 11.3 Å². The van der Waals surface area contributed by atoms with Crippen LogP contribution in [-0.2, 0) is 0 Å². The number of aromatic amines is 1. The van der Waals surface area contributed by atoms with E-state index in [0.29, 0.717) is 5.69 Å². The van der Waals surface area contributed by atoms with E-state index < -0.39 is 0 Å². The Bertz CT molecular complexity index is 543. The first kappa shape index (κ1) is 12.4. The monoisotopic (exact) mass is 276 g/mol. The molecule has 0 aliphatic carbocycles. The van der Waals surface area contributed by atoms with Gasteiger partial charge in [0.25, 0.3) is 5.91 Å². The maximum atomic E-state index is 12.1. The van der Waals surface area contributed by atoms with E-state index in [0.717, 1.165) is 36.5 Å². The lowest BCUT2D eigenvalue weighted by atomic mass is 10.1. The smallest absolute Gasteiger partial charge is 0.272 e. The average Bonchev–Trinajstić information content (AvgIpc) is 3.11. The second kappa shape index (κ2) is 5.54. The molecule has 0 spiro atoms. The van der Waals surface area contributed by atoms with Crippen molar-refractivity contribution in [2.45, 2.75) is 18.9 Å². The van der Waals surface area contributed by atoms with E-state index >= 15 is 0 Å². The lowest BCUT2D eigenvalue weighted by molar-refractivity contribution is 0.0925. The molecule has 5 nitrogen and oxygen atoms in total. The van der Waals surface area contributed by atoms with E-state index in [9.17, 15) is 4.79 Å². The van der Waals surface area contributed by atoms with E-state index in [1.165, 1.54) is 0 Å². The molecule has 1 saturated heterocycles. The highest BCUT2D eigenvalue weighted by molar-refractivity contribution is 7.13. The molecule has 0 aromatic carbocycles. The van der Waals surface area contributed by atoms with Gasteiger partial charge in [0.15, 0.2) is 5.69 Å². The predicted octanol–water partition coefficient (Wildman–Crippen LogP) is 1.62. The molecule has 3 heterocycles. The van der Waals surface area contributed by atoms with Gasteiger partial charge in [-0.3, -0.25) is 9.89 Å². The molecule has 0 unspecified atom stereocenters. The summed E-state index contributed by atoms with van der Waals surface area (Å²) in [7, 11) is 0. The number of carbonyl (C=O) groups is 1. The Morgan fingerprint density at radius 3 is 3.21 bits per heavy atom. The van der Waals surface area contributed by atoms with Crippen molar-refractivity contribution in [2.24, 2.45) is 0 Å². The molecule has 1 aliphatic rings. The van der Waals surface area contributed by atoms with Gasteiger partial charge in [0.2, 0.25) is 0 Å². The number of H-pyrrole nitrogens is 1. The summed E-state index contributed by atoms with van der Waals surface area (Å²) in [5, 5.41) is 15.3. The van der Waals surface area contributed by atoms with Crippen LogP contribution in [0.4, 0.5) is 0 Å². The Kier molecular flexibility index (Phi) is 3.61. The number of amides is 1. The Labute approximate surface area is 115 Å². The van der Waals surface area contributed by atoms with Gasteiger partial charge in [-0.2, -0.15) is 5.10 Å². The van der Waals surface area contributed by atoms with E-state index in [-0.39, 0.29) is 11.9 Å². The van der Waals surface area contributed by atoms with Gasteiger partial charge in [0, 0.05) is 12.6 Å². The topological polar surface area (TPSA) is 69.8 Å². The molecule has 2 aromatic heterocycles. The number of carbonyl (C=O) groups excluding carboxylic acids is 1. The van der Waals surface area contributed by atoms with Crippen LogP contribution in [0, 0.1) is 0 Å². The molecule has 0 saturated carbocycles. The van der Waals surface area contributed by atoms with Crippen molar-refractivity contribution in [3.8, 4) is 10.6 Å². The maximum absolute atomic E-state index is 12.1. The first-order valence-corrected chi connectivity index (χ1v) is 7.32. The second-order valence-corrected chi connectivity index (χ2v) is 5.61. The summed E-state index contributed by atoms with van der Waals surface area (Å²) < 4.78 is 0. The molecule has 1 fully saturated rings. The zero-order chi connectivity index (χ0) is 13.1. The minimum absolute atomic E-state index is 0.104. The Hall–Kier alpha value is -1.66. The fourth-order valence-electron chi connectivity index (χ4n) is 2.23. The largest absolute Gasteiger partial charge is 0.347 e. The van der Waals surface area contributed by atoms with Crippen molar-refractivity contribution < 1.29 is 4.79 Å². The number of nitrogens with one attached hydrogen (secondary N) is 3. The summed E-state index contributed by atoms with van der Waals surface area (Å²) in [6, 6.07) is 6.00. The molecule has 3 rings (SSSR count). The fraction of sp³-hybridized carbons (Fsp3) is 0.385. The van der Waals surface area contributed by atoms with Crippen molar-refractivity contribution in [3.63, 3.8) is 0 Å². The van der Waals surface area contributed by atoms with E-state index in [2.05, 4.69) is 20.8 Å². The van der Waals surface area contributed by atoms with Crippen molar-refractivity contribution >= 4 is 17.2 Å². The number of rotatable bonds is 3. The van der Waals surface area contributed by atoms with Gasteiger partial charge in [0.05, 0.1) is 10.6 Å². The van der Waals surface area contributed by atoms with Crippen LogP contribution < -0.4 is 10.6 Å². The van der Waals surface area contributed by atoms with Crippen LogP contribution in [0.25, 0.3) is 10.6 Å². The van der Waals surface area contributed by atoms with E-state index in [1.807, 2.05) is 17.5 Å². The first-order valence-electron chi connectivity index (χ1n) is 6.44. The summed E-state index contributed by atoms with van der Waals surface area (Å²) in [5.41, 5.74) is 1.34. The van der Waals surface area contributed by atoms with Crippen molar-refractivity contribution in [1.29, 1.82) is 0 Å². The second-order valence-electron chi connectivity index (χ2n) is 4.66. The SMILES string of the molecule is O=C(N[C@H]1CCCNC1)c1cc(-c2cccs2)[nH]n1. The molecule has 3 N–H and O–H groups in total. The first-order chi connectivity index (χ1) is 9.33. The standard InChI is InChI=1S/C13H16N4OS/c18-13(15-9-3-1-5-14-8-9)11-7-10(16-17-11)12-4-2-6-19-12/h2,4,6-7,9,14H,1,3,5,8H2,(H,15,18)(H,16,17)/t9-/m0/s1. The molecule has 100 valence electrons. The van der Waals surface area contributed by atoms with Crippen molar-refractivity contribution in [2.75, 3.05) is 13.1 Å². The number of piperidine rings is 1. The molecule has 1 amide bonds. The summed E-state index contributed by atoms with van der Waals surface area (Å²) >= 11 is 1.62. The van der Waals surface area contributed by atoms with Crippen LogP contribution >= 0.6 is 11.3 Å². The Balaban J connectivity index is 1.67. The molecule has 1 aliphatic heterocycles. The minimum atomic E-state index is -0.104. The van der Waals surface area contributed by atoms with Gasteiger partial charge >= 0.3 is 0 Å². The quantitative estimate of drug-likeness (QED) is 0.798. The summed E-state index contributed by atoms with van der Waals surface area (Å²) in [4.78, 5) is 13.2. The van der Waals surface area contributed by atoms with Gasteiger partial charge in [-0.1, -0.05) is 6.07 Å². The lowest BCUT2D eigenvalue weighted by Gasteiger charge is -2.23. The molecule has 2 aromatic rings. The molecule has 6 heteroatoms. The minimum Gasteiger partial charge on any atom is -0.347 e. The van der Waals surface area contributed by atoms with Crippen LogP contribution in [0.2, 0.25) is 0 Å². The molecule has 0 bridgehead atoms. The Morgan fingerprint density at radius 1 is 1.53 bits per heavy atom. The maximum Gasteiger partial charge on any atom is 0.272 e. The number of hydrogen-bond donors (Lipinski definition) is 3. The molecular weight excluding hydrogens is 260 g/mol.